The van der Waals surface area contributed by atoms with Gasteiger partial charge in [0, 0.05) is 29.6 Å². The van der Waals surface area contributed by atoms with Crippen LogP contribution in [-0.4, -0.2) is 55.8 Å². The number of alkyl halides is 2. The van der Waals surface area contributed by atoms with E-state index in [2.05, 4.69) is 28.9 Å². The molecule has 0 unspecified atom stereocenters. The van der Waals surface area contributed by atoms with Crippen LogP contribution in [0.4, 0.5) is 0 Å². The lowest BCUT2D eigenvalue weighted by molar-refractivity contribution is -0.204. The highest BCUT2D eigenvalue weighted by atomic mass is 79.9. The summed E-state index contributed by atoms with van der Waals surface area (Å²) in [5, 5.41) is 17.6. The maximum atomic E-state index is 14.1. The van der Waals surface area contributed by atoms with Gasteiger partial charge >= 0.3 is 11.9 Å². The zero-order chi connectivity index (χ0) is 33.2. The molecule has 250 valence electrons. The first-order valence-electron chi connectivity index (χ1n) is 16.5. The monoisotopic (exact) mass is 718 g/mol. The van der Waals surface area contributed by atoms with E-state index in [1.54, 1.807) is 13.8 Å². The van der Waals surface area contributed by atoms with Crippen LogP contribution in [-0.2, 0) is 42.2 Å². The molecule has 2 heterocycles. The Bertz CT molecular complexity index is 1580. The smallest absolute Gasteiger partial charge is 0.306 e. The number of allylic oxidation sites excluding steroid dienone is 1. The van der Waals surface area contributed by atoms with Crippen LogP contribution in [0.25, 0.3) is 6.08 Å². The maximum Gasteiger partial charge on any atom is 0.306 e. The lowest BCUT2D eigenvalue weighted by atomic mass is 9.44. The summed E-state index contributed by atoms with van der Waals surface area (Å²) in [5.41, 5.74) is 0.269. The molecule has 1 N–H and O–H groups in total. The predicted molar refractivity (Wildman–Crippen MR) is 175 cm³/mol. The number of furan rings is 1. The van der Waals surface area contributed by atoms with Crippen molar-refractivity contribution < 1.29 is 33.4 Å². The van der Waals surface area contributed by atoms with Gasteiger partial charge in [0.2, 0.25) is 5.78 Å². The highest BCUT2D eigenvalue weighted by Gasteiger charge is 2.76. The molecule has 0 aromatic carbocycles. The summed E-state index contributed by atoms with van der Waals surface area (Å²) in [6, 6.07) is 3.93. The molecule has 2 aromatic rings. The van der Waals surface area contributed by atoms with E-state index < -0.39 is 51.7 Å². The first kappa shape index (κ1) is 33.5. The van der Waals surface area contributed by atoms with E-state index in [1.807, 2.05) is 36.9 Å². The fourth-order valence-corrected chi connectivity index (χ4v) is 10.6. The van der Waals surface area contributed by atoms with E-state index in [-0.39, 0.29) is 37.0 Å². The Morgan fingerprint density at radius 2 is 1.87 bits per heavy atom. The second kappa shape index (κ2) is 11.9. The molecular weight excluding hydrogens is 676 g/mol. The molecule has 11 heteroatoms. The molecular formula is C35H44BrClN2O7. The second-order valence-corrected chi connectivity index (χ2v) is 15.4. The first-order valence-corrected chi connectivity index (χ1v) is 18.0. The van der Waals surface area contributed by atoms with Crippen molar-refractivity contribution in [3.63, 3.8) is 0 Å². The molecule has 0 saturated heterocycles. The third-order valence-electron chi connectivity index (χ3n) is 12.0. The molecule has 0 spiro atoms. The molecule has 4 aliphatic rings. The molecule has 0 aliphatic heterocycles. The summed E-state index contributed by atoms with van der Waals surface area (Å²) in [5.74, 6) is -0.337. The minimum atomic E-state index is -1.55. The minimum absolute atomic E-state index is 0.0997. The summed E-state index contributed by atoms with van der Waals surface area (Å²) < 4.78 is 19.4. The number of aliphatic hydroxyl groups excluding tert-OH is 1. The van der Waals surface area contributed by atoms with Gasteiger partial charge in [-0.15, -0.1) is 11.6 Å². The molecule has 0 amide bonds. The fourth-order valence-electron chi connectivity index (χ4n) is 9.76. The van der Waals surface area contributed by atoms with E-state index in [1.165, 1.54) is 5.57 Å². The molecule has 0 bridgehead atoms. The minimum Gasteiger partial charge on any atom is -0.463 e. The molecule has 6 rings (SSSR count). The normalized spacial score (nSPS) is 36.1. The van der Waals surface area contributed by atoms with Crippen molar-refractivity contribution in [2.45, 2.75) is 108 Å². The summed E-state index contributed by atoms with van der Waals surface area (Å²) in [6.07, 6.45) is 6.25. The number of Topliss-reactive ketones (excluding diaryl/α,β-unsaturated/α-hetero) is 1. The van der Waals surface area contributed by atoms with Crippen molar-refractivity contribution in [2.24, 2.45) is 28.6 Å². The van der Waals surface area contributed by atoms with E-state index in [9.17, 15) is 19.5 Å². The molecule has 2 aromatic heterocycles. The summed E-state index contributed by atoms with van der Waals surface area (Å²) in [6.45, 7) is 9.46. The zero-order valence-electron chi connectivity index (χ0n) is 27.2. The number of carbonyl (C=O) groups excluding carboxylic acids is 3. The summed E-state index contributed by atoms with van der Waals surface area (Å²) >= 11 is 11.3. The van der Waals surface area contributed by atoms with Crippen LogP contribution in [0.2, 0.25) is 0 Å². The zero-order valence-corrected chi connectivity index (χ0v) is 29.6. The Hall–Kier alpha value is -2.43. The average molecular weight is 720 g/mol. The number of hydrogen-bond donors (Lipinski definition) is 1. The van der Waals surface area contributed by atoms with Crippen LogP contribution in [0.15, 0.2) is 28.3 Å². The number of esters is 2. The number of hydrogen-bond acceptors (Lipinski definition) is 8. The predicted octanol–water partition coefficient (Wildman–Crippen LogP) is 6.39. The fraction of sp³-hybridized carbons (Fsp3) is 0.657. The Kier molecular flexibility index (Phi) is 8.67. The van der Waals surface area contributed by atoms with Gasteiger partial charge in [-0.2, -0.15) is 5.10 Å². The van der Waals surface area contributed by atoms with Gasteiger partial charge in [0.15, 0.2) is 12.2 Å². The average Bonchev–Trinajstić information content (AvgIpc) is 3.71. The van der Waals surface area contributed by atoms with E-state index in [0.717, 1.165) is 35.6 Å². The van der Waals surface area contributed by atoms with Crippen LogP contribution in [0.5, 0.6) is 0 Å². The van der Waals surface area contributed by atoms with Crippen molar-refractivity contribution in [3.05, 3.63) is 46.7 Å². The van der Waals surface area contributed by atoms with Crippen molar-refractivity contribution >= 4 is 51.3 Å². The number of aromatic nitrogens is 2. The first-order chi connectivity index (χ1) is 21.8. The number of aliphatic hydroxyl groups is 1. The number of rotatable bonds is 9. The number of fused-ring (bicyclic) bond motifs is 6. The number of carbonyl (C=O) groups is 3. The summed E-state index contributed by atoms with van der Waals surface area (Å²) in [4.78, 5) is 38.1. The topological polar surface area (TPSA) is 121 Å². The lowest BCUT2D eigenvalue weighted by Crippen LogP contribution is -2.70. The number of ether oxygens (including phenoxy) is 2. The molecule has 8 atom stereocenters. The molecule has 9 nitrogen and oxygen atoms in total. The van der Waals surface area contributed by atoms with Crippen molar-refractivity contribution in [1.82, 2.24) is 9.78 Å². The van der Waals surface area contributed by atoms with E-state index >= 15 is 0 Å². The summed E-state index contributed by atoms with van der Waals surface area (Å²) in [7, 11) is 0. The third-order valence-corrected chi connectivity index (χ3v) is 13.5. The molecule has 4 aliphatic carbocycles. The molecule has 46 heavy (non-hydrogen) atoms. The van der Waals surface area contributed by atoms with Gasteiger partial charge in [0.25, 0.3) is 0 Å². The largest absolute Gasteiger partial charge is 0.463 e. The van der Waals surface area contributed by atoms with Crippen LogP contribution >= 0.6 is 27.5 Å². The quantitative estimate of drug-likeness (QED) is 0.234. The van der Waals surface area contributed by atoms with Gasteiger partial charge in [0.1, 0.15) is 11.5 Å². The van der Waals surface area contributed by atoms with Crippen LogP contribution < -0.4 is 0 Å². The number of ketones is 1. The third kappa shape index (κ3) is 4.71. The number of halogens is 2. The van der Waals surface area contributed by atoms with Crippen molar-refractivity contribution in [2.75, 3.05) is 6.61 Å². The number of nitrogens with zero attached hydrogens (tertiary/aromatic N) is 2. The van der Waals surface area contributed by atoms with Crippen molar-refractivity contribution in [1.29, 1.82) is 0 Å². The van der Waals surface area contributed by atoms with E-state index in [0.29, 0.717) is 24.7 Å². The van der Waals surface area contributed by atoms with Gasteiger partial charge in [-0.1, -0.05) is 56.1 Å². The van der Waals surface area contributed by atoms with Gasteiger partial charge in [0.05, 0.1) is 34.7 Å². The molecule has 0 radical (unpaired) electrons. The molecule has 3 saturated carbocycles. The SMILES string of the molecule is CCC(=O)OCC(=O)[C@@]1(OC(=O)CC)[C@@H](C)C[C@H]2[C@@H]3CCC4=Cc5c(cnn5Cc5ccc(CBr)o5)C[C@]4(C)[C@@]3(Cl)[C@@H](O)C[C@@]21C. The van der Waals surface area contributed by atoms with Gasteiger partial charge in [-0.25, -0.2) is 0 Å². The lowest BCUT2D eigenvalue weighted by Gasteiger charge is -2.65. The van der Waals surface area contributed by atoms with Gasteiger partial charge < -0.3 is 19.0 Å². The Morgan fingerprint density at radius 3 is 2.54 bits per heavy atom. The second-order valence-electron chi connectivity index (χ2n) is 14.2. The standard InChI is InChI=1S/C35H44BrClN2O7/c1-6-30(42)44-19-29(41)35(46-31(43)7-2)20(3)12-26-25-11-8-22-13-27-21(17-38-39(27)18-24-10-9-23(16-36)45-24)14-32(22,4)34(25,37)28(40)15-33(26,35)5/h9-10,13,17,20,25-26,28,40H,6-8,11-12,14-16,18-19H2,1-5H3/t20-,25-,26-,28-,32-,33-,34-,35-/m0/s1. The van der Waals surface area contributed by atoms with Gasteiger partial charge in [-0.3, -0.25) is 19.1 Å². The van der Waals surface area contributed by atoms with E-state index in [4.69, 9.17) is 30.6 Å². The Morgan fingerprint density at radius 1 is 1.15 bits per heavy atom. The Balaban J connectivity index is 1.35. The maximum absolute atomic E-state index is 14.1. The highest BCUT2D eigenvalue weighted by Crippen LogP contribution is 2.72. The van der Waals surface area contributed by atoms with Gasteiger partial charge in [-0.05, 0) is 67.7 Å². The molecule has 3 fully saturated rings. The van der Waals surface area contributed by atoms with Crippen LogP contribution in [0.1, 0.15) is 95.9 Å². The highest BCUT2D eigenvalue weighted by molar-refractivity contribution is 9.08. The van der Waals surface area contributed by atoms with Crippen LogP contribution in [0.3, 0.4) is 0 Å². The van der Waals surface area contributed by atoms with Crippen molar-refractivity contribution in [3.8, 4) is 0 Å². The Labute approximate surface area is 283 Å². The van der Waals surface area contributed by atoms with Crippen LogP contribution in [0, 0.1) is 28.6 Å².